The molecule has 1 aromatic heterocycles. The molecule has 0 aliphatic rings. The molecule has 196 valence electrons. The third kappa shape index (κ3) is 5.44. The first-order valence-corrected chi connectivity index (χ1v) is 12.8. The number of benzene rings is 3. The van der Waals surface area contributed by atoms with E-state index in [1.807, 2.05) is 63.2 Å². The van der Waals surface area contributed by atoms with Crippen LogP contribution in [0.15, 0.2) is 77.6 Å². The average molecular weight is 513 g/mol. The first-order chi connectivity index (χ1) is 18.3. The van der Waals surface area contributed by atoms with Gasteiger partial charge in [0, 0.05) is 12.2 Å². The van der Waals surface area contributed by atoms with Crippen LogP contribution >= 0.6 is 0 Å². The molecule has 1 N–H and O–H groups in total. The molecule has 0 fully saturated rings. The molecule has 8 nitrogen and oxygen atoms in total. The molecule has 0 bridgehead atoms. The van der Waals surface area contributed by atoms with Gasteiger partial charge in [0.05, 0.1) is 34.8 Å². The topological polar surface area (TPSA) is 93.5 Å². The quantitative estimate of drug-likeness (QED) is 0.298. The van der Waals surface area contributed by atoms with Crippen LogP contribution < -0.4 is 10.9 Å². The second kappa shape index (κ2) is 11.7. The molecule has 0 radical (unpaired) electrons. The minimum absolute atomic E-state index is 0.182. The summed E-state index contributed by atoms with van der Waals surface area (Å²) in [6.45, 7) is 8.30. The van der Waals surface area contributed by atoms with E-state index < -0.39 is 12.0 Å². The molecule has 3 aromatic carbocycles. The Balaban J connectivity index is 1.73. The molecule has 4 rings (SSSR count). The van der Waals surface area contributed by atoms with Crippen molar-refractivity contribution in [2.24, 2.45) is 0 Å². The van der Waals surface area contributed by atoms with Crippen molar-refractivity contribution in [3.8, 4) is 5.69 Å². The molecule has 0 saturated heterocycles. The van der Waals surface area contributed by atoms with E-state index in [-0.39, 0.29) is 18.2 Å². The Labute approximate surface area is 221 Å². The normalized spacial score (nSPS) is 11.7. The van der Waals surface area contributed by atoms with Crippen molar-refractivity contribution in [3.05, 3.63) is 100 Å². The fourth-order valence-electron chi connectivity index (χ4n) is 4.43. The number of hydrogen-bond donors (Lipinski definition) is 1. The highest BCUT2D eigenvalue weighted by Gasteiger charge is 2.27. The predicted molar refractivity (Wildman–Crippen MR) is 149 cm³/mol. The Kier molecular flexibility index (Phi) is 8.21. The van der Waals surface area contributed by atoms with Crippen LogP contribution in [0.25, 0.3) is 16.6 Å². The van der Waals surface area contributed by atoms with Crippen molar-refractivity contribution in [1.82, 2.24) is 14.5 Å². The summed E-state index contributed by atoms with van der Waals surface area (Å²) in [6.07, 6.45) is 0.710. The molecule has 1 unspecified atom stereocenters. The van der Waals surface area contributed by atoms with Crippen molar-refractivity contribution in [2.75, 3.05) is 18.5 Å². The van der Waals surface area contributed by atoms with Gasteiger partial charge in [0.25, 0.3) is 5.56 Å². The lowest BCUT2D eigenvalue weighted by atomic mass is 10.1. The summed E-state index contributed by atoms with van der Waals surface area (Å²) >= 11 is 0. The highest BCUT2D eigenvalue weighted by Crippen LogP contribution is 2.25. The van der Waals surface area contributed by atoms with E-state index in [0.717, 1.165) is 11.3 Å². The summed E-state index contributed by atoms with van der Waals surface area (Å²) in [5, 5.41) is 3.43. The van der Waals surface area contributed by atoms with Crippen molar-refractivity contribution in [3.63, 3.8) is 0 Å². The highest BCUT2D eigenvalue weighted by molar-refractivity contribution is 5.92. The maximum atomic E-state index is 13.7. The molecule has 0 aliphatic heterocycles. The molecule has 1 heterocycles. The lowest BCUT2D eigenvalue weighted by Crippen LogP contribution is -2.40. The molecular formula is C30H32N4O4. The van der Waals surface area contributed by atoms with Crippen LogP contribution in [0.3, 0.4) is 0 Å². The summed E-state index contributed by atoms with van der Waals surface area (Å²) in [5.41, 5.74) is 3.00. The van der Waals surface area contributed by atoms with Crippen molar-refractivity contribution < 1.29 is 14.3 Å². The zero-order valence-corrected chi connectivity index (χ0v) is 22.1. The number of ether oxygens (including phenoxy) is 1. The first kappa shape index (κ1) is 26.6. The van der Waals surface area contributed by atoms with E-state index in [1.165, 1.54) is 0 Å². The van der Waals surface area contributed by atoms with Gasteiger partial charge in [-0.2, -0.15) is 0 Å². The smallest absolute Gasteiger partial charge is 0.338 e. The molecule has 4 aromatic rings. The number of aromatic nitrogens is 2. The van der Waals surface area contributed by atoms with Crippen molar-refractivity contribution in [1.29, 1.82) is 0 Å². The summed E-state index contributed by atoms with van der Waals surface area (Å²) in [7, 11) is 0. The van der Waals surface area contributed by atoms with E-state index in [0.29, 0.717) is 40.9 Å². The number of nitrogens with one attached hydrogen (secondary N) is 1. The minimum Gasteiger partial charge on any atom is -0.462 e. The van der Waals surface area contributed by atoms with Crippen molar-refractivity contribution in [2.45, 2.75) is 40.2 Å². The van der Waals surface area contributed by atoms with Crippen LogP contribution in [-0.2, 0) is 4.74 Å². The standard InChI is InChI=1S/C30H32N4O4/c1-5-19-33(30(37)31-23-17-15-22(16-18-23)29(36)38-6-2)21(4)27-32-25-13-9-8-12-24(25)28(35)34(27)26-14-10-7-11-20(26)3/h7-18,21H,5-6,19H2,1-4H3,(H,31,37). The van der Waals surface area contributed by atoms with Crippen molar-refractivity contribution >= 4 is 28.6 Å². The Hall–Kier alpha value is -4.46. The van der Waals surface area contributed by atoms with Gasteiger partial charge in [-0.3, -0.25) is 9.36 Å². The van der Waals surface area contributed by atoms with Crippen LogP contribution in [0.1, 0.15) is 55.0 Å². The first-order valence-electron chi connectivity index (χ1n) is 12.8. The van der Waals surface area contributed by atoms with E-state index in [4.69, 9.17) is 9.72 Å². The number of aryl methyl sites for hydroxylation is 1. The Morgan fingerprint density at radius 1 is 1.00 bits per heavy atom. The van der Waals surface area contributed by atoms with Crippen LogP contribution in [0.5, 0.6) is 0 Å². The highest BCUT2D eigenvalue weighted by atomic mass is 16.5. The number of rotatable bonds is 8. The van der Waals surface area contributed by atoms with Gasteiger partial charge in [-0.25, -0.2) is 14.6 Å². The SMILES string of the molecule is CCCN(C(=O)Nc1ccc(C(=O)OCC)cc1)C(C)c1nc2ccccc2c(=O)n1-c1ccccc1C. The van der Waals surface area contributed by atoms with E-state index in [1.54, 1.807) is 46.7 Å². The van der Waals surface area contributed by atoms with Crippen LogP contribution in [-0.4, -0.2) is 39.6 Å². The maximum absolute atomic E-state index is 13.7. The number of para-hydroxylation sites is 2. The second-order valence-corrected chi connectivity index (χ2v) is 9.01. The number of amides is 2. The third-order valence-electron chi connectivity index (χ3n) is 6.37. The monoisotopic (exact) mass is 512 g/mol. The van der Waals surface area contributed by atoms with Gasteiger partial charge in [-0.05, 0) is 75.2 Å². The van der Waals surface area contributed by atoms with E-state index >= 15 is 0 Å². The number of urea groups is 1. The predicted octanol–water partition coefficient (Wildman–Crippen LogP) is 5.88. The lowest BCUT2D eigenvalue weighted by Gasteiger charge is -2.30. The van der Waals surface area contributed by atoms with Crippen LogP contribution in [0.4, 0.5) is 10.5 Å². The number of esters is 1. The second-order valence-electron chi connectivity index (χ2n) is 9.01. The lowest BCUT2D eigenvalue weighted by molar-refractivity contribution is 0.0526. The van der Waals surface area contributed by atoms with E-state index in [2.05, 4.69) is 5.32 Å². The number of carbonyl (C=O) groups is 2. The fraction of sp³-hybridized carbons (Fsp3) is 0.267. The molecule has 0 aliphatic carbocycles. The molecule has 0 saturated carbocycles. The largest absolute Gasteiger partial charge is 0.462 e. The maximum Gasteiger partial charge on any atom is 0.338 e. The number of carbonyl (C=O) groups excluding carboxylic acids is 2. The Morgan fingerprint density at radius 2 is 1.68 bits per heavy atom. The summed E-state index contributed by atoms with van der Waals surface area (Å²) in [6, 6.07) is 20.6. The number of anilines is 1. The van der Waals surface area contributed by atoms with Gasteiger partial charge in [-0.1, -0.05) is 37.3 Å². The average Bonchev–Trinajstić information content (AvgIpc) is 2.92. The minimum atomic E-state index is -0.523. The molecule has 0 spiro atoms. The number of hydrogen-bond acceptors (Lipinski definition) is 5. The molecule has 38 heavy (non-hydrogen) atoms. The van der Waals surface area contributed by atoms with Crippen LogP contribution in [0.2, 0.25) is 0 Å². The molecule has 8 heteroatoms. The van der Waals surface area contributed by atoms with Gasteiger partial charge < -0.3 is 15.0 Å². The molecular weight excluding hydrogens is 480 g/mol. The zero-order valence-electron chi connectivity index (χ0n) is 22.1. The fourth-order valence-corrected chi connectivity index (χ4v) is 4.43. The third-order valence-corrected chi connectivity index (χ3v) is 6.37. The Bertz CT molecular complexity index is 1510. The Morgan fingerprint density at radius 3 is 2.37 bits per heavy atom. The summed E-state index contributed by atoms with van der Waals surface area (Å²) in [4.78, 5) is 45.8. The van der Waals surface area contributed by atoms with Gasteiger partial charge in [-0.15, -0.1) is 0 Å². The van der Waals surface area contributed by atoms with Gasteiger partial charge in [0.15, 0.2) is 0 Å². The van der Waals surface area contributed by atoms with Crippen LogP contribution in [0, 0.1) is 6.92 Å². The van der Waals surface area contributed by atoms with Gasteiger partial charge >= 0.3 is 12.0 Å². The van der Waals surface area contributed by atoms with Gasteiger partial charge in [0.2, 0.25) is 0 Å². The van der Waals surface area contributed by atoms with Gasteiger partial charge in [0.1, 0.15) is 5.82 Å². The molecule has 1 atom stereocenters. The van der Waals surface area contributed by atoms with E-state index in [9.17, 15) is 14.4 Å². The molecule has 2 amide bonds. The summed E-state index contributed by atoms with van der Waals surface area (Å²) in [5.74, 6) is 0.0624. The zero-order chi connectivity index (χ0) is 27.2. The number of fused-ring (bicyclic) bond motifs is 1. The number of nitrogens with zero attached hydrogens (tertiary/aromatic N) is 3. The summed E-state index contributed by atoms with van der Waals surface area (Å²) < 4.78 is 6.64.